The van der Waals surface area contributed by atoms with Crippen LogP contribution in [0.5, 0.6) is 5.75 Å². The molecule has 0 aliphatic heterocycles. The van der Waals surface area contributed by atoms with Crippen LogP contribution in [-0.4, -0.2) is 12.4 Å². The van der Waals surface area contributed by atoms with Crippen molar-refractivity contribution in [2.45, 2.75) is 13.3 Å². The number of aliphatic imine (C=N–C) groups is 1. The van der Waals surface area contributed by atoms with Gasteiger partial charge >= 0.3 is 0 Å². The molecule has 20 heavy (non-hydrogen) atoms. The summed E-state index contributed by atoms with van der Waals surface area (Å²) in [5.41, 5.74) is 4.67. The van der Waals surface area contributed by atoms with E-state index in [-0.39, 0.29) is 0 Å². The number of aryl methyl sites for hydroxylation is 1. The summed E-state index contributed by atoms with van der Waals surface area (Å²) in [5.74, 6) is 7.05. The number of rotatable bonds is 5. The lowest BCUT2D eigenvalue weighted by molar-refractivity contribution is 0.328. The van der Waals surface area contributed by atoms with Crippen LogP contribution in [0.2, 0.25) is 0 Å². The molecule has 2 aromatic rings. The van der Waals surface area contributed by atoms with E-state index in [1.807, 2.05) is 61.5 Å². The predicted octanol–water partition coefficient (Wildman–Crippen LogP) is 2.96. The quantitative estimate of drug-likeness (QED) is 0.380. The van der Waals surface area contributed by atoms with Gasteiger partial charge in [0.05, 0.1) is 12.3 Å². The van der Waals surface area contributed by atoms with Crippen molar-refractivity contribution in [1.29, 1.82) is 0 Å². The largest absolute Gasteiger partial charge is 0.493 e. The van der Waals surface area contributed by atoms with Crippen LogP contribution >= 0.6 is 0 Å². The van der Waals surface area contributed by atoms with E-state index in [1.165, 1.54) is 5.56 Å². The van der Waals surface area contributed by atoms with Crippen LogP contribution < -0.4 is 16.0 Å². The molecular weight excluding hydrogens is 250 g/mol. The van der Waals surface area contributed by atoms with E-state index in [1.54, 1.807) is 0 Å². The fraction of sp³-hybridized carbons (Fsp3) is 0.188. The summed E-state index contributed by atoms with van der Waals surface area (Å²) in [7, 11) is 0. The van der Waals surface area contributed by atoms with Gasteiger partial charge < -0.3 is 10.2 Å². The summed E-state index contributed by atoms with van der Waals surface area (Å²) in [6.07, 6.45) is 0.624. The zero-order valence-electron chi connectivity index (χ0n) is 11.5. The van der Waals surface area contributed by atoms with Gasteiger partial charge in [-0.3, -0.25) is 0 Å². The van der Waals surface area contributed by atoms with E-state index in [0.717, 1.165) is 11.4 Å². The summed E-state index contributed by atoms with van der Waals surface area (Å²) in [4.78, 5) is 4.43. The summed E-state index contributed by atoms with van der Waals surface area (Å²) in [5, 5.41) is 0. The van der Waals surface area contributed by atoms with Crippen molar-refractivity contribution >= 4 is 11.5 Å². The summed E-state index contributed by atoms with van der Waals surface area (Å²) >= 11 is 0. The van der Waals surface area contributed by atoms with Gasteiger partial charge in [-0.1, -0.05) is 30.3 Å². The first-order valence-electron chi connectivity index (χ1n) is 6.56. The maximum Gasteiger partial charge on any atom is 0.120 e. The molecule has 0 saturated carbocycles. The van der Waals surface area contributed by atoms with Gasteiger partial charge in [-0.15, -0.1) is 0 Å². The van der Waals surface area contributed by atoms with Gasteiger partial charge in [-0.25, -0.2) is 10.8 Å². The highest BCUT2D eigenvalue weighted by molar-refractivity contribution is 5.84. The number of para-hydroxylation sites is 1. The number of nitrogens with one attached hydrogen (secondary N) is 1. The van der Waals surface area contributed by atoms with Crippen molar-refractivity contribution in [2.75, 3.05) is 6.61 Å². The number of hydrazine groups is 1. The first-order chi connectivity index (χ1) is 9.78. The molecule has 4 heteroatoms. The average molecular weight is 269 g/mol. The van der Waals surface area contributed by atoms with Crippen molar-refractivity contribution < 1.29 is 4.74 Å². The number of amidine groups is 1. The van der Waals surface area contributed by atoms with Crippen LogP contribution in [0.25, 0.3) is 0 Å². The highest BCUT2D eigenvalue weighted by Gasteiger charge is 1.99. The SMILES string of the molecule is Cc1cccc(OCCC(=Nc2ccccc2)NN)c1. The van der Waals surface area contributed by atoms with E-state index in [0.29, 0.717) is 18.9 Å². The van der Waals surface area contributed by atoms with E-state index in [2.05, 4.69) is 10.4 Å². The van der Waals surface area contributed by atoms with E-state index in [4.69, 9.17) is 10.6 Å². The zero-order valence-corrected chi connectivity index (χ0v) is 11.5. The Morgan fingerprint density at radius 2 is 1.95 bits per heavy atom. The highest BCUT2D eigenvalue weighted by atomic mass is 16.5. The Labute approximate surface area is 119 Å². The van der Waals surface area contributed by atoms with E-state index < -0.39 is 0 Å². The Morgan fingerprint density at radius 3 is 2.65 bits per heavy atom. The van der Waals surface area contributed by atoms with Gasteiger partial charge in [0.15, 0.2) is 0 Å². The fourth-order valence-electron chi connectivity index (χ4n) is 1.79. The molecule has 0 atom stereocenters. The topological polar surface area (TPSA) is 59.6 Å². The van der Waals surface area contributed by atoms with Crippen molar-refractivity contribution in [2.24, 2.45) is 10.8 Å². The molecule has 0 bridgehead atoms. The molecule has 2 aromatic carbocycles. The Kier molecular flexibility index (Phi) is 5.15. The average Bonchev–Trinajstić information content (AvgIpc) is 2.47. The maximum atomic E-state index is 5.68. The second kappa shape index (κ2) is 7.31. The van der Waals surface area contributed by atoms with Gasteiger partial charge in [-0.2, -0.15) is 0 Å². The number of hydrogen-bond acceptors (Lipinski definition) is 3. The minimum absolute atomic E-state index is 0.527. The van der Waals surface area contributed by atoms with Gasteiger partial charge in [0.25, 0.3) is 0 Å². The van der Waals surface area contributed by atoms with Gasteiger partial charge in [-0.05, 0) is 36.8 Å². The molecular formula is C16H19N3O. The molecule has 0 fully saturated rings. The molecule has 0 unspecified atom stereocenters. The number of ether oxygens (including phenoxy) is 1. The van der Waals surface area contributed by atoms with Gasteiger partial charge in [0.1, 0.15) is 11.6 Å². The number of benzene rings is 2. The molecule has 104 valence electrons. The monoisotopic (exact) mass is 269 g/mol. The third kappa shape index (κ3) is 4.40. The lowest BCUT2D eigenvalue weighted by Crippen LogP contribution is -2.31. The normalized spacial score (nSPS) is 11.2. The molecule has 2 rings (SSSR count). The van der Waals surface area contributed by atoms with Crippen LogP contribution in [-0.2, 0) is 0 Å². The fourth-order valence-corrected chi connectivity index (χ4v) is 1.79. The second-order valence-electron chi connectivity index (χ2n) is 4.45. The van der Waals surface area contributed by atoms with Crippen LogP contribution in [0, 0.1) is 6.92 Å². The Hall–Kier alpha value is -2.33. The van der Waals surface area contributed by atoms with Crippen molar-refractivity contribution in [3.63, 3.8) is 0 Å². The Balaban J connectivity index is 1.90. The summed E-state index contributed by atoms with van der Waals surface area (Å²) in [6.45, 7) is 2.57. The highest BCUT2D eigenvalue weighted by Crippen LogP contribution is 2.13. The van der Waals surface area contributed by atoms with Gasteiger partial charge in [0.2, 0.25) is 0 Å². The zero-order chi connectivity index (χ0) is 14.2. The first-order valence-corrected chi connectivity index (χ1v) is 6.56. The van der Waals surface area contributed by atoms with Crippen LogP contribution in [0.15, 0.2) is 59.6 Å². The van der Waals surface area contributed by atoms with Crippen LogP contribution in [0.1, 0.15) is 12.0 Å². The summed E-state index contributed by atoms with van der Waals surface area (Å²) < 4.78 is 5.68. The minimum atomic E-state index is 0.527. The number of hydrogen-bond donors (Lipinski definition) is 2. The maximum absolute atomic E-state index is 5.68. The second-order valence-corrected chi connectivity index (χ2v) is 4.45. The smallest absolute Gasteiger partial charge is 0.120 e. The van der Waals surface area contributed by atoms with Crippen LogP contribution in [0.3, 0.4) is 0 Å². The molecule has 4 nitrogen and oxygen atoms in total. The molecule has 0 aliphatic rings. The molecule has 0 aromatic heterocycles. The lowest BCUT2D eigenvalue weighted by atomic mass is 10.2. The molecule has 0 amide bonds. The molecule has 0 radical (unpaired) electrons. The van der Waals surface area contributed by atoms with Crippen LogP contribution in [0.4, 0.5) is 5.69 Å². The van der Waals surface area contributed by atoms with Crippen molar-refractivity contribution in [3.8, 4) is 5.75 Å². The third-order valence-corrected chi connectivity index (χ3v) is 2.78. The first kappa shape index (κ1) is 14.1. The molecule has 0 spiro atoms. The molecule has 0 saturated heterocycles. The number of nitrogens with zero attached hydrogens (tertiary/aromatic N) is 1. The number of nitrogens with two attached hydrogens (primary N) is 1. The molecule has 3 N–H and O–H groups in total. The lowest BCUT2D eigenvalue weighted by Gasteiger charge is -2.08. The standard InChI is InChI=1S/C16H19N3O/c1-13-6-5-9-15(12-13)20-11-10-16(19-17)18-14-7-3-2-4-8-14/h2-9,12H,10-11,17H2,1H3,(H,18,19). The third-order valence-electron chi connectivity index (χ3n) is 2.78. The van der Waals surface area contributed by atoms with E-state index >= 15 is 0 Å². The Bertz CT molecular complexity index is 567. The van der Waals surface area contributed by atoms with E-state index in [9.17, 15) is 0 Å². The van der Waals surface area contributed by atoms with Crippen molar-refractivity contribution in [1.82, 2.24) is 5.43 Å². The molecule has 0 aliphatic carbocycles. The Morgan fingerprint density at radius 1 is 1.15 bits per heavy atom. The van der Waals surface area contributed by atoms with Crippen molar-refractivity contribution in [3.05, 3.63) is 60.2 Å². The summed E-state index contributed by atoms with van der Waals surface area (Å²) in [6, 6.07) is 17.7. The molecule has 0 heterocycles. The minimum Gasteiger partial charge on any atom is -0.493 e. The predicted molar refractivity (Wildman–Crippen MR) is 82.2 cm³/mol. The van der Waals surface area contributed by atoms with Gasteiger partial charge in [0, 0.05) is 6.42 Å².